The number of halogens is 1. The molecule has 0 N–H and O–H groups in total. The average molecular weight is 444 g/mol. The molecule has 3 aromatic rings. The summed E-state index contributed by atoms with van der Waals surface area (Å²) in [5, 5.41) is 0.751. The van der Waals surface area contributed by atoms with Gasteiger partial charge in [-0.05, 0) is 36.3 Å². The zero-order valence-electron chi connectivity index (χ0n) is 17.0. The maximum Gasteiger partial charge on any atom is 0.252 e. The third-order valence-corrected chi connectivity index (χ3v) is 6.03. The van der Waals surface area contributed by atoms with Crippen LogP contribution in [0.2, 0.25) is 0 Å². The number of thiazole rings is 1. The molecule has 30 heavy (non-hydrogen) atoms. The Morgan fingerprint density at radius 1 is 1.20 bits per heavy atom. The van der Waals surface area contributed by atoms with Gasteiger partial charge in [0.05, 0.1) is 23.4 Å². The summed E-state index contributed by atoms with van der Waals surface area (Å²) in [6, 6.07) is 16.1. The Labute approximate surface area is 187 Å². The molecule has 1 saturated heterocycles. The lowest BCUT2D eigenvalue weighted by Gasteiger charge is -2.28. The second-order valence-corrected chi connectivity index (χ2v) is 8.16. The highest BCUT2D eigenvalue weighted by atomic mass is 35.5. The number of carbonyl (C=O) groups is 1. The van der Waals surface area contributed by atoms with Crippen LogP contribution in [0.25, 0.3) is 16.3 Å². The molecular weight excluding hydrogens is 418 g/mol. The minimum atomic E-state index is -0.0436. The average Bonchev–Trinajstić information content (AvgIpc) is 3.16. The Morgan fingerprint density at radius 2 is 1.97 bits per heavy atom. The van der Waals surface area contributed by atoms with Gasteiger partial charge in [-0.2, -0.15) is 0 Å². The van der Waals surface area contributed by atoms with Gasteiger partial charge < -0.3 is 4.74 Å². The van der Waals surface area contributed by atoms with E-state index in [0.717, 1.165) is 53.8 Å². The SMILES string of the molecule is Cc1ccc2nc(N(CCN3CCOCC3)C(=O)C=Cc3ccccc3)sc2c1.Cl. The van der Waals surface area contributed by atoms with Gasteiger partial charge in [-0.25, -0.2) is 4.98 Å². The molecule has 0 spiro atoms. The highest BCUT2D eigenvalue weighted by Gasteiger charge is 2.20. The summed E-state index contributed by atoms with van der Waals surface area (Å²) >= 11 is 1.57. The quantitative estimate of drug-likeness (QED) is 0.529. The van der Waals surface area contributed by atoms with Crippen LogP contribution in [-0.4, -0.2) is 55.2 Å². The second kappa shape index (κ2) is 10.7. The molecule has 1 fully saturated rings. The van der Waals surface area contributed by atoms with Crippen LogP contribution < -0.4 is 4.90 Å². The van der Waals surface area contributed by atoms with E-state index in [1.165, 1.54) is 5.56 Å². The number of rotatable bonds is 6. The van der Waals surface area contributed by atoms with E-state index >= 15 is 0 Å². The largest absolute Gasteiger partial charge is 0.379 e. The van der Waals surface area contributed by atoms with Gasteiger partial charge in [0.2, 0.25) is 0 Å². The van der Waals surface area contributed by atoms with Crippen LogP contribution >= 0.6 is 23.7 Å². The molecule has 1 aliphatic heterocycles. The topological polar surface area (TPSA) is 45.7 Å². The van der Waals surface area contributed by atoms with Crippen molar-refractivity contribution in [1.29, 1.82) is 0 Å². The van der Waals surface area contributed by atoms with Crippen LogP contribution in [0, 0.1) is 6.92 Å². The zero-order valence-corrected chi connectivity index (χ0v) is 18.6. The fraction of sp³-hybridized carbons (Fsp3) is 0.304. The molecule has 2 heterocycles. The molecule has 0 aliphatic carbocycles. The van der Waals surface area contributed by atoms with Crippen molar-refractivity contribution in [1.82, 2.24) is 9.88 Å². The van der Waals surface area contributed by atoms with E-state index in [1.807, 2.05) is 42.5 Å². The van der Waals surface area contributed by atoms with Gasteiger partial charge >= 0.3 is 0 Å². The van der Waals surface area contributed by atoms with Crippen LogP contribution in [0.15, 0.2) is 54.6 Å². The molecule has 158 valence electrons. The Bertz CT molecular complexity index is 1000. The molecule has 0 unspecified atom stereocenters. The van der Waals surface area contributed by atoms with Gasteiger partial charge in [0, 0.05) is 32.3 Å². The van der Waals surface area contributed by atoms with Crippen molar-refractivity contribution in [3.63, 3.8) is 0 Å². The molecule has 1 amide bonds. The Hall–Kier alpha value is -2.25. The highest BCUT2D eigenvalue weighted by Crippen LogP contribution is 2.29. The van der Waals surface area contributed by atoms with Crippen molar-refractivity contribution in [2.75, 3.05) is 44.3 Å². The molecule has 1 aromatic heterocycles. The smallest absolute Gasteiger partial charge is 0.252 e. The zero-order chi connectivity index (χ0) is 20.1. The van der Waals surface area contributed by atoms with E-state index in [4.69, 9.17) is 9.72 Å². The number of morpholine rings is 1. The van der Waals surface area contributed by atoms with E-state index < -0.39 is 0 Å². The first-order valence-corrected chi connectivity index (χ1v) is 10.7. The minimum Gasteiger partial charge on any atom is -0.379 e. The lowest BCUT2D eigenvalue weighted by atomic mass is 10.2. The standard InChI is InChI=1S/C23H25N3O2S.ClH/c1-18-7-9-20-21(17-18)29-23(24-20)26(12-11-25-13-15-28-16-14-25)22(27)10-8-19-5-3-2-4-6-19;/h2-10,17H,11-16H2,1H3;1H. The van der Waals surface area contributed by atoms with E-state index in [-0.39, 0.29) is 18.3 Å². The van der Waals surface area contributed by atoms with Crippen LogP contribution in [-0.2, 0) is 9.53 Å². The lowest BCUT2D eigenvalue weighted by molar-refractivity contribution is -0.114. The maximum atomic E-state index is 13.1. The van der Waals surface area contributed by atoms with E-state index in [0.29, 0.717) is 6.54 Å². The fourth-order valence-electron chi connectivity index (χ4n) is 3.32. The van der Waals surface area contributed by atoms with E-state index in [9.17, 15) is 4.79 Å². The molecule has 7 heteroatoms. The first-order chi connectivity index (χ1) is 14.2. The molecular formula is C23H26ClN3O2S. The number of carbonyl (C=O) groups excluding carboxylic acids is 1. The van der Waals surface area contributed by atoms with Crippen LogP contribution in [0.4, 0.5) is 5.13 Å². The first kappa shape index (κ1) is 22.4. The fourth-order valence-corrected chi connectivity index (χ4v) is 4.42. The number of hydrogen-bond acceptors (Lipinski definition) is 5. The number of nitrogens with zero attached hydrogens (tertiary/aromatic N) is 3. The highest BCUT2D eigenvalue weighted by molar-refractivity contribution is 7.22. The Morgan fingerprint density at radius 3 is 2.73 bits per heavy atom. The van der Waals surface area contributed by atoms with Crippen molar-refractivity contribution >= 4 is 51.1 Å². The summed E-state index contributed by atoms with van der Waals surface area (Å²) < 4.78 is 6.54. The maximum absolute atomic E-state index is 13.1. The summed E-state index contributed by atoms with van der Waals surface area (Å²) in [7, 11) is 0. The summed E-state index contributed by atoms with van der Waals surface area (Å²) in [5.74, 6) is -0.0436. The summed E-state index contributed by atoms with van der Waals surface area (Å²) in [5.41, 5.74) is 3.14. The molecule has 0 radical (unpaired) electrons. The number of anilines is 1. The monoisotopic (exact) mass is 443 g/mol. The van der Waals surface area contributed by atoms with E-state index in [2.05, 4.69) is 24.0 Å². The van der Waals surface area contributed by atoms with Gasteiger partial charge in [0.25, 0.3) is 5.91 Å². The number of fused-ring (bicyclic) bond motifs is 1. The number of benzene rings is 2. The van der Waals surface area contributed by atoms with Gasteiger partial charge in [-0.15, -0.1) is 12.4 Å². The van der Waals surface area contributed by atoms with Gasteiger partial charge in [0.1, 0.15) is 0 Å². The molecule has 0 saturated carbocycles. The van der Waals surface area contributed by atoms with E-state index in [1.54, 1.807) is 22.3 Å². The molecule has 0 bridgehead atoms. The van der Waals surface area contributed by atoms with Crippen molar-refractivity contribution in [3.05, 3.63) is 65.7 Å². The third kappa shape index (κ3) is 5.67. The number of aryl methyl sites for hydroxylation is 1. The molecule has 2 aromatic carbocycles. The number of amides is 1. The third-order valence-electron chi connectivity index (χ3n) is 4.99. The van der Waals surface area contributed by atoms with Crippen molar-refractivity contribution < 1.29 is 9.53 Å². The predicted octanol–water partition coefficient (Wildman–Crippen LogP) is 4.41. The normalized spacial score (nSPS) is 14.7. The first-order valence-electron chi connectivity index (χ1n) is 9.91. The van der Waals surface area contributed by atoms with Crippen molar-refractivity contribution in [2.24, 2.45) is 0 Å². The van der Waals surface area contributed by atoms with Crippen LogP contribution in [0.1, 0.15) is 11.1 Å². The number of aromatic nitrogens is 1. The lowest BCUT2D eigenvalue weighted by Crippen LogP contribution is -2.42. The number of hydrogen-bond donors (Lipinski definition) is 0. The summed E-state index contributed by atoms with van der Waals surface area (Å²) in [4.78, 5) is 22.0. The van der Waals surface area contributed by atoms with Gasteiger partial charge in [-0.1, -0.05) is 47.7 Å². The summed E-state index contributed by atoms with van der Waals surface area (Å²) in [6.45, 7) is 6.80. The van der Waals surface area contributed by atoms with Gasteiger partial charge in [-0.3, -0.25) is 14.6 Å². The molecule has 5 nitrogen and oxygen atoms in total. The second-order valence-electron chi connectivity index (χ2n) is 7.16. The van der Waals surface area contributed by atoms with Crippen molar-refractivity contribution in [3.8, 4) is 0 Å². The molecule has 1 aliphatic rings. The van der Waals surface area contributed by atoms with Crippen LogP contribution in [0.5, 0.6) is 0 Å². The predicted molar refractivity (Wildman–Crippen MR) is 127 cm³/mol. The molecule has 0 atom stereocenters. The molecule has 4 rings (SSSR count). The summed E-state index contributed by atoms with van der Waals surface area (Å²) in [6.07, 6.45) is 3.51. The Balaban J connectivity index is 0.00000256. The van der Waals surface area contributed by atoms with Crippen molar-refractivity contribution in [2.45, 2.75) is 6.92 Å². The number of ether oxygens (including phenoxy) is 1. The minimum absolute atomic E-state index is 0. The van der Waals surface area contributed by atoms with Crippen LogP contribution in [0.3, 0.4) is 0 Å². The Kier molecular flexibility index (Phi) is 7.99. The van der Waals surface area contributed by atoms with Gasteiger partial charge in [0.15, 0.2) is 5.13 Å².